The first-order valence-corrected chi connectivity index (χ1v) is 7.11. The fraction of sp³-hybridized carbons (Fsp3) is 0.412. The average molecular weight is 268 g/mol. The van der Waals surface area contributed by atoms with E-state index in [2.05, 4.69) is 30.1 Å². The summed E-state index contributed by atoms with van der Waals surface area (Å²) < 4.78 is 0. The summed E-state index contributed by atoms with van der Waals surface area (Å²) in [7, 11) is 0. The van der Waals surface area contributed by atoms with Gasteiger partial charge in [-0.3, -0.25) is 4.79 Å². The second kappa shape index (κ2) is 6.91. The molecule has 1 saturated carbocycles. The van der Waals surface area contributed by atoms with Gasteiger partial charge in [-0.25, -0.2) is 0 Å². The lowest BCUT2D eigenvalue weighted by Crippen LogP contribution is -2.44. The summed E-state index contributed by atoms with van der Waals surface area (Å²) >= 11 is 0. The molecule has 0 radical (unpaired) electrons. The van der Waals surface area contributed by atoms with Gasteiger partial charge in [-0.05, 0) is 36.8 Å². The van der Waals surface area contributed by atoms with Crippen LogP contribution in [0.25, 0.3) is 0 Å². The largest absolute Gasteiger partial charge is 0.349 e. The number of benzene rings is 1. The number of nitrogens with zero attached hydrogens (tertiary/aromatic N) is 1. The van der Waals surface area contributed by atoms with Crippen molar-refractivity contribution < 1.29 is 4.79 Å². The van der Waals surface area contributed by atoms with Crippen molar-refractivity contribution in [2.45, 2.75) is 31.7 Å². The molecule has 20 heavy (non-hydrogen) atoms. The predicted octanol–water partition coefficient (Wildman–Crippen LogP) is 2.84. The first-order valence-electron chi connectivity index (χ1n) is 7.11. The highest BCUT2D eigenvalue weighted by Crippen LogP contribution is 2.32. The van der Waals surface area contributed by atoms with Gasteiger partial charge in [-0.15, -0.1) is 0 Å². The quantitative estimate of drug-likeness (QED) is 0.854. The normalized spacial score (nSPS) is 25.4. The number of carbonyl (C=O) groups is 1. The summed E-state index contributed by atoms with van der Waals surface area (Å²) in [6.45, 7) is 3.47. The number of nitrogens with one attached hydrogen (secondary N) is 1. The Kier molecular flexibility index (Phi) is 4.95. The third kappa shape index (κ3) is 3.48. The van der Waals surface area contributed by atoms with Crippen LogP contribution in [0.3, 0.4) is 0 Å². The number of hydrogen-bond acceptors (Lipinski definition) is 2. The maximum atomic E-state index is 11.5. The van der Waals surface area contributed by atoms with Gasteiger partial charge in [-0.1, -0.05) is 43.3 Å². The summed E-state index contributed by atoms with van der Waals surface area (Å²) in [5, 5.41) is 12.4. The van der Waals surface area contributed by atoms with Crippen molar-refractivity contribution in [2.75, 3.05) is 0 Å². The lowest BCUT2D eigenvalue weighted by molar-refractivity contribution is -0.117. The van der Waals surface area contributed by atoms with Crippen molar-refractivity contribution in [1.29, 1.82) is 5.26 Å². The zero-order valence-corrected chi connectivity index (χ0v) is 11.6. The molecule has 1 fully saturated rings. The zero-order valence-electron chi connectivity index (χ0n) is 11.6. The van der Waals surface area contributed by atoms with Crippen LogP contribution in [0.2, 0.25) is 0 Å². The van der Waals surface area contributed by atoms with E-state index in [4.69, 9.17) is 0 Å². The van der Waals surface area contributed by atoms with Crippen LogP contribution in [0.15, 0.2) is 43.0 Å². The Morgan fingerprint density at radius 1 is 1.40 bits per heavy atom. The molecule has 0 saturated heterocycles. The van der Waals surface area contributed by atoms with Crippen molar-refractivity contribution in [3.05, 3.63) is 48.6 Å². The van der Waals surface area contributed by atoms with Crippen LogP contribution in [0.5, 0.6) is 0 Å². The maximum Gasteiger partial charge on any atom is 0.243 e. The van der Waals surface area contributed by atoms with E-state index in [9.17, 15) is 10.1 Å². The summed E-state index contributed by atoms with van der Waals surface area (Å²) in [5.74, 6) is 0.00901. The Bertz CT molecular complexity index is 503. The average Bonchev–Trinajstić information content (AvgIpc) is 2.48. The topological polar surface area (TPSA) is 52.9 Å². The molecule has 0 aromatic heterocycles. The van der Waals surface area contributed by atoms with Crippen LogP contribution in [0.1, 0.15) is 24.8 Å². The van der Waals surface area contributed by atoms with Crippen LogP contribution < -0.4 is 5.32 Å². The zero-order chi connectivity index (χ0) is 14.4. The highest BCUT2D eigenvalue weighted by atomic mass is 16.1. The molecule has 1 aromatic rings. The number of amides is 1. The Morgan fingerprint density at radius 2 is 2.15 bits per heavy atom. The molecule has 1 aromatic carbocycles. The number of nitriles is 1. The molecule has 3 heteroatoms. The van der Waals surface area contributed by atoms with Crippen LogP contribution in [0.4, 0.5) is 0 Å². The Balaban J connectivity index is 2.06. The summed E-state index contributed by atoms with van der Waals surface area (Å²) in [6.07, 6.45) is 5.16. The molecule has 0 spiro atoms. The molecular weight excluding hydrogens is 248 g/mol. The summed E-state index contributed by atoms with van der Waals surface area (Å²) in [6, 6.07) is 12.6. The van der Waals surface area contributed by atoms with Gasteiger partial charge in [0.15, 0.2) is 0 Å². The maximum absolute atomic E-state index is 11.5. The van der Waals surface area contributed by atoms with E-state index in [-0.39, 0.29) is 17.9 Å². The molecule has 0 bridgehead atoms. The number of rotatable bonds is 4. The third-order valence-electron chi connectivity index (χ3n) is 4.03. The number of carbonyl (C=O) groups excluding carboxylic acids is 1. The molecule has 1 aliphatic carbocycles. The van der Waals surface area contributed by atoms with Gasteiger partial charge in [0, 0.05) is 6.04 Å². The monoisotopic (exact) mass is 268 g/mol. The molecule has 3 atom stereocenters. The lowest BCUT2D eigenvalue weighted by atomic mass is 9.74. The molecule has 3 unspecified atom stereocenters. The van der Waals surface area contributed by atoms with Gasteiger partial charge in [0.05, 0.1) is 12.0 Å². The van der Waals surface area contributed by atoms with Gasteiger partial charge in [-0.2, -0.15) is 5.26 Å². The van der Waals surface area contributed by atoms with E-state index >= 15 is 0 Å². The number of hydrogen-bond donors (Lipinski definition) is 1. The van der Waals surface area contributed by atoms with E-state index in [1.807, 2.05) is 18.2 Å². The minimum absolute atomic E-state index is 0.0482. The van der Waals surface area contributed by atoms with Gasteiger partial charge in [0.25, 0.3) is 0 Å². The Labute approximate surface area is 120 Å². The van der Waals surface area contributed by atoms with Crippen molar-refractivity contribution in [3.63, 3.8) is 0 Å². The summed E-state index contributed by atoms with van der Waals surface area (Å²) in [5.41, 5.74) is 1.26. The Morgan fingerprint density at radius 3 is 2.80 bits per heavy atom. The molecule has 1 aliphatic rings. The molecule has 1 amide bonds. The smallest absolute Gasteiger partial charge is 0.243 e. The molecule has 3 nitrogen and oxygen atoms in total. The van der Waals surface area contributed by atoms with E-state index in [1.54, 1.807) is 0 Å². The minimum Gasteiger partial charge on any atom is -0.349 e. The molecule has 104 valence electrons. The van der Waals surface area contributed by atoms with Gasteiger partial charge < -0.3 is 5.32 Å². The fourth-order valence-corrected chi connectivity index (χ4v) is 3.03. The second-order valence-corrected chi connectivity index (χ2v) is 5.35. The molecule has 0 aliphatic heterocycles. The molecular formula is C17H20N2O. The van der Waals surface area contributed by atoms with Gasteiger partial charge in [0.1, 0.15) is 0 Å². The highest BCUT2D eigenvalue weighted by Gasteiger charge is 2.33. The third-order valence-corrected chi connectivity index (χ3v) is 4.03. The SMILES string of the molecule is C=CC(=O)NC1CCCC(Cc2ccccc2)C1C#N. The molecule has 0 heterocycles. The van der Waals surface area contributed by atoms with Crippen molar-refractivity contribution in [1.82, 2.24) is 5.32 Å². The van der Waals surface area contributed by atoms with E-state index in [0.29, 0.717) is 5.92 Å². The molecule has 1 N–H and O–H groups in total. The van der Waals surface area contributed by atoms with E-state index in [1.165, 1.54) is 11.6 Å². The van der Waals surface area contributed by atoms with Crippen LogP contribution in [-0.2, 0) is 11.2 Å². The second-order valence-electron chi connectivity index (χ2n) is 5.35. The fourth-order valence-electron chi connectivity index (χ4n) is 3.03. The van der Waals surface area contributed by atoms with Crippen molar-refractivity contribution in [3.8, 4) is 6.07 Å². The van der Waals surface area contributed by atoms with Crippen LogP contribution in [0, 0.1) is 23.2 Å². The summed E-state index contributed by atoms with van der Waals surface area (Å²) in [4.78, 5) is 11.5. The van der Waals surface area contributed by atoms with Crippen molar-refractivity contribution >= 4 is 5.91 Å². The first-order chi connectivity index (χ1) is 9.74. The standard InChI is InChI=1S/C17H20N2O/c1-2-17(20)19-16-10-6-9-14(15(16)12-18)11-13-7-4-3-5-8-13/h2-5,7-8,14-16H,1,6,9-11H2,(H,19,20). The van der Waals surface area contributed by atoms with Gasteiger partial charge >= 0.3 is 0 Å². The predicted molar refractivity (Wildman–Crippen MR) is 78.7 cm³/mol. The minimum atomic E-state index is -0.185. The lowest BCUT2D eigenvalue weighted by Gasteiger charge is -2.34. The van der Waals surface area contributed by atoms with Crippen LogP contribution in [-0.4, -0.2) is 11.9 Å². The van der Waals surface area contributed by atoms with Crippen LogP contribution >= 0.6 is 0 Å². The Hall–Kier alpha value is -2.08. The van der Waals surface area contributed by atoms with E-state index in [0.717, 1.165) is 25.7 Å². The highest BCUT2D eigenvalue weighted by molar-refractivity contribution is 5.87. The van der Waals surface area contributed by atoms with Crippen molar-refractivity contribution in [2.24, 2.45) is 11.8 Å². The van der Waals surface area contributed by atoms with Gasteiger partial charge in [0.2, 0.25) is 5.91 Å². The van der Waals surface area contributed by atoms with E-state index < -0.39 is 0 Å². The first kappa shape index (κ1) is 14.3. The molecule has 2 rings (SSSR count).